The van der Waals surface area contributed by atoms with Crippen molar-refractivity contribution >= 4 is 17.8 Å². The number of carbonyl (C=O) groups is 3. The van der Waals surface area contributed by atoms with Crippen molar-refractivity contribution in [2.24, 2.45) is 18.9 Å². The lowest BCUT2D eigenvalue weighted by atomic mass is 9.76. The SMILES string of the molecule is Cc1cc(C(=O)NC2CCN(C(=O)N3CC4CC(C3)[C@H]3CCCC(=O)N3C4)CC2)nn1C. The molecule has 4 saturated heterocycles. The van der Waals surface area contributed by atoms with Gasteiger partial charge in [-0.1, -0.05) is 0 Å². The molecule has 9 nitrogen and oxygen atoms in total. The molecule has 5 heterocycles. The summed E-state index contributed by atoms with van der Waals surface area (Å²) in [7, 11) is 1.83. The van der Waals surface area contributed by atoms with Gasteiger partial charge in [0.1, 0.15) is 5.69 Å². The van der Waals surface area contributed by atoms with Gasteiger partial charge in [-0.25, -0.2) is 4.79 Å². The number of likely N-dealkylation sites (tertiary alicyclic amines) is 2. The van der Waals surface area contributed by atoms with Gasteiger partial charge in [0.05, 0.1) is 0 Å². The Morgan fingerprint density at radius 3 is 2.59 bits per heavy atom. The second-order valence-corrected chi connectivity index (χ2v) is 10.1. The lowest BCUT2D eigenvalue weighted by Gasteiger charge is -2.53. The van der Waals surface area contributed by atoms with E-state index in [1.54, 1.807) is 10.7 Å². The average molecular weight is 443 g/mol. The summed E-state index contributed by atoms with van der Waals surface area (Å²) in [6, 6.07) is 2.30. The number of nitrogens with one attached hydrogen (secondary N) is 1. The molecule has 3 atom stereocenters. The first-order valence-corrected chi connectivity index (χ1v) is 12.0. The van der Waals surface area contributed by atoms with E-state index in [2.05, 4.69) is 15.3 Å². The van der Waals surface area contributed by atoms with Gasteiger partial charge in [-0.2, -0.15) is 5.10 Å². The first-order valence-electron chi connectivity index (χ1n) is 12.0. The molecule has 4 amide bonds. The predicted molar refractivity (Wildman–Crippen MR) is 118 cm³/mol. The Labute approximate surface area is 189 Å². The number of aromatic nitrogens is 2. The first-order chi connectivity index (χ1) is 15.4. The van der Waals surface area contributed by atoms with E-state index in [1.165, 1.54) is 0 Å². The number of piperidine rings is 4. The number of carbonyl (C=O) groups excluding carboxylic acids is 3. The summed E-state index contributed by atoms with van der Waals surface area (Å²) in [6.45, 7) is 5.56. The Hall–Kier alpha value is -2.58. The molecule has 0 spiro atoms. The van der Waals surface area contributed by atoms with Crippen LogP contribution in [-0.2, 0) is 11.8 Å². The van der Waals surface area contributed by atoms with Crippen LogP contribution in [0.1, 0.15) is 54.7 Å². The molecule has 0 aromatic carbocycles. The zero-order valence-corrected chi connectivity index (χ0v) is 19.1. The van der Waals surface area contributed by atoms with Crippen LogP contribution in [0.25, 0.3) is 0 Å². The van der Waals surface area contributed by atoms with Crippen LogP contribution in [0.15, 0.2) is 6.07 Å². The minimum Gasteiger partial charge on any atom is -0.348 e. The van der Waals surface area contributed by atoms with Gasteiger partial charge in [0.25, 0.3) is 5.91 Å². The molecule has 4 aliphatic heterocycles. The summed E-state index contributed by atoms with van der Waals surface area (Å²) < 4.78 is 1.70. The van der Waals surface area contributed by atoms with Crippen LogP contribution in [0.3, 0.4) is 0 Å². The minimum atomic E-state index is -0.145. The third-order valence-corrected chi connectivity index (χ3v) is 7.90. The van der Waals surface area contributed by atoms with E-state index in [1.807, 2.05) is 23.8 Å². The second-order valence-electron chi connectivity index (χ2n) is 10.1. The topological polar surface area (TPSA) is 90.8 Å². The summed E-state index contributed by atoms with van der Waals surface area (Å²) in [4.78, 5) is 44.2. The van der Waals surface area contributed by atoms with Crippen LogP contribution in [0.2, 0.25) is 0 Å². The molecule has 2 unspecified atom stereocenters. The van der Waals surface area contributed by atoms with E-state index in [9.17, 15) is 14.4 Å². The zero-order valence-electron chi connectivity index (χ0n) is 19.1. The van der Waals surface area contributed by atoms with Crippen LogP contribution in [0.4, 0.5) is 4.79 Å². The Kier molecular flexibility index (Phi) is 5.59. The van der Waals surface area contributed by atoms with Crippen molar-refractivity contribution < 1.29 is 14.4 Å². The van der Waals surface area contributed by atoms with Crippen molar-refractivity contribution in [3.8, 4) is 0 Å². The summed E-state index contributed by atoms with van der Waals surface area (Å²) >= 11 is 0. The quantitative estimate of drug-likeness (QED) is 0.749. The summed E-state index contributed by atoms with van der Waals surface area (Å²) in [5.74, 6) is 0.971. The maximum atomic E-state index is 13.3. The number of aryl methyl sites for hydroxylation is 2. The van der Waals surface area contributed by atoms with E-state index in [4.69, 9.17) is 0 Å². The van der Waals surface area contributed by atoms with Gasteiger partial charge >= 0.3 is 6.03 Å². The fourth-order valence-electron chi connectivity index (χ4n) is 6.11. The van der Waals surface area contributed by atoms with Gasteiger partial charge in [0.2, 0.25) is 5.91 Å². The molecule has 5 rings (SSSR count). The number of fused-ring (bicyclic) bond motifs is 4. The van der Waals surface area contributed by atoms with Crippen molar-refractivity contribution in [1.29, 1.82) is 0 Å². The lowest BCUT2D eigenvalue weighted by molar-refractivity contribution is -0.144. The molecule has 4 fully saturated rings. The maximum absolute atomic E-state index is 13.3. The molecule has 2 bridgehead atoms. The summed E-state index contributed by atoms with van der Waals surface area (Å²) in [6.07, 6.45) is 5.39. The summed E-state index contributed by atoms with van der Waals surface area (Å²) in [5.41, 5.74) is 1.39. The molecule has 1 aromatic heterocycles. The van der Waals surface area contributed by atoms with Crippen molar-refractivity contribution in [2.45, 2.75) is 57.5 Å². The normalized spacial score (nSPS) is 28.5. The van der Waals surface area contributed by atoms with Crippen molar-refractivity contribution in [2.75, 3.05) is 32.7 Å². The molecule has 1 N–H and O–H groups in total. The third-order valence-electron chi connectivity index (χ3n) is 7.90. The molecular formula is C23H34N6O3. The summed E-state index contributed by atoms with van der Waals surface area (Å²) in [5, 5.41) is 7.33. The Morgan fingerprint density at radius 2 is 1.88 bits per heavy atom. The average Bonchev–Trinajstić information content (AvgIpc) is 3.13. The van der Waals surface area contributed by atoms with E-state index in [0.29, 0.717) is 49.0 Å². The van der Waals surface area contributed by atoms with Crippen LogP contribution in [0, 0.1) is 18.8 Å². The van der Waals surface area contributed by atoms with Crippen LogP contribution in [0.5, 0.6) is 0 Å². The molecule has 174 valence electrons. The highest BCUT2D eigenvalue weighted by molar-refractivity contribution is 5.92. The molecule has 0 saturated carbocycles. The van der Waals surface area contributed by atoms with Crippen molar-refractivity contribution in [3.05, 3.63) is 17.5 Å². The van der Waals surface area contributed by atoms with E-state index in [0.717, 1.165) is 57.4 Å². The van der Waals surface area contributed by atoms with Crippen LogP contribution >= 0.6 is 0 Å². The highest BCUT2D eigenvalue weighted by Crippen LogP contribution is 2.38. The Bertz CT molecular complexity index is 886. The third kappa shape index (κ3) is 3.97. The molecule has 1 aromatic rings. The van der Waals surface area contributed by atoms with E-state index < -0.39 is 0 Å². The van der Waals surface area contributed by atoms with E-state index in [-0.39, 0.29) is 18.0 Å². The molecule has 4 aliphatic rings. The number of hydrogen-bond donors (Lipinski definition) is 1. The Balaban J connectivity index is 1.14. The standard InChI is InChI=1S/C23H34N6O3/c1-15-10-19(25-26(15)2)22(31)24-18-6-8-27(9-7-18)23(32)28-12-16-11-17(14-28)20-4-3-5-21(30)29(20)13-16/h10,16-18,20H,3-9,11-14H2,1-2H3,(H,24,31)/t16?,17?,20-/m1/s1. The predicted octanol–water partition coefficient (Wildman–Crippen LogP) is 1.38. The second kappa shape index (κ2) is 8.41. The van der Waals surface area contributed by atoms with Gasteiger partial charge < -0.3 is 20.0 Å². The highest BCUT2D eigenvalue weighted by atomic mass is 16.2. The molecule has 0 radical (unpaired) electrons. The van der Waals surface area contributed by atoms with Crippen LogP contribution < -0.4 is 5.32 Å². The number of amides is 4. The molecule has 9 heteroatoms. The van der Waals surface area contributed by atoms with E-state index >= 15 is 0 Å². The lowest BCUT2D eigenvalue weighted by Crippen LogP contribution is -2.62. The fraction of sp³-hybridized carbons (Fsp3) is 0.739. The minimum absolute atomic E-state index is 0.0661. The Morgan fingerprint density at radius 1 is 1.09 bits per heavy atom. The monoisotopic (exact) mass is 442 g/mol. The van der Waals surface area contributed by atoms with Crippen molar-refractivity contribution in [1.82, 2.24) is 29.8 Å². The largest absolute Gasteiger partial charge is 0.348 e. The molecular weight excluding hydrogens is 408 g/mol. The number of urea groups is 1. The van der Waals surface area contributed by atoms with Gasteiger partial charge in [-0.15, -0.1) is 0 Å². The zero-order chi connectivity index (χ0) is 22.4. The number of nitrogens with zero attached hydrogens (tertiary/aromatic N) is 5. The van der Waals surface area contributed by atoms with Gasteiger partial charge in [0.15, 0.2) is 0 Å². The van der Waals surface area contributed by atoms with Gasteiger partial charge in [-0.3, -0.25) is 14.3 Å². The van der Waals surface area contributed by atoms with Crippen LogP contribution in [-0.4, -0.2) is 87.1 Å². The molecule has 0 aliphatic carbocycles. The number of rotatable bonds is 2. The van der Waals surface area contributed by atoms with Gasteiger partial charge in [-0.05, 0) is 56.9 Å². The fourth-order valence-corrected chi connectivity index (χ4v) is 6.11. The molecule has 32 heavy (non-hydrogen) atoms. The maximum Gasteiger partial charge on any atom is 0.320 e. The smallest absolute Gasteiger partial charge is 0.320 e. The highest BCUT2D eigenvalue weighted by Gasteiger charge is 2.45. The first kappa shape index (κ1) is 21.3. The van der Waals surface area contributed by atoms with Crippen molar-refractivity contribution in [3.63, 3.8) is 0 Å². The number of hydrogen-bond acceptors (Lipinski definition) is 4. The van der Waals surface area contributed by atoms with Gasteiger partial charge in [0, 0.05) is 64.0 Å².